The SMILES string of the molecule is CNC(=O)c1nn(CC2(c3ccc4c(C)cccc4c3)CCCC2)cc(O)c1=O. The first-order valence-corrected chi connectivity index (χ1v) is 9.96. The van der Waals surface area contributed by atoms with Crippen LogP contribution in [0.3, 0.4) is 0 Å². The first kappa shape index (κ1) is 19.2. The molecule has 2 N–H and O–H groups in total. The van der Waals surface area contributed by atoms with Crippen molar-refractivity contribution < 1.29 is 9.90 Å². The minimum atomic E-state index is -0.748. The van der Waals surface area contributed by atoms with E-state index in [4.69, 9.17) is 0 Å². The molecular weight excluding hydrogens is 366 g/mol. The summed E-state index contributed by atoms with van der Waals surface area (Å²) in [7, 11) is 1.44. The van der Waals surface area contributed by atoms with Crippen molar-refractivity contribution in [3.05, 3.63) is 69.6 Å². The minimum absolute atomic E-state index is 0.146. The fraction of sp³-hybridized carbons (Fsp3) is 0.348. The van der Waals surface area contributed by atoms with Crippen LogP contribution in [0.25, 0.3) is 10.8 Å². The Morgan fingerprint density at radius 2 is 2.00 bits per heavy atom. The molecule has 1 aromatic heterocycles. The predicted molar refractivity (Wildman–Crippen MR) is 112 cm³/mol. The Balaban J connectivity index is 1.78. The van der Waals surface area contributed by atoms with E-state index in [1.54, 1.807) is 4.68 Å². The zero-order chi connectivity index (χ0) is 20.6. The van der Waals surface area contributed by atoms with Crippen molar-refractivity contribution in [2.24, 2.45) is 0 Å². The normalized spacial score (nSPS) is 15.5. The number of amides is 1. The Morgan fingerprint density at radius 3 is 2.72 bits per heavy atom. The van der Waals surface area contributed by atoms with Gasteiger partial charge < -0.3 is 10.4 Å². The summed E-state index contributed by atoms with van der Waals surface area (Å²) in [5, 5.41) is 19.2. The molecular formula is C23H25N3O3. The summed E-state index contributed by atoms with van der Waals surface area (Å²) < 4.78 is 1.55. The molecule has 0 spiro atoms. The topological polar surface area (TPSA) is 84.2 Å². The van der Waals surface area contributed by atoms with E-state index in [9.17, 15) is 14.7 Å². The monoisotopic (exact) mass is 391 g/mol. The number of carbonyl (C=O) groups is 1. The first-order valence-electron chi connectivity index (χ1n) is 9.96. The third-order valence-electron chi connectivity index (χ3n) is 6.13. The van der Waals surface area contributed by atoms with Crippen LogP contribution in [0.5, 0.6) is 5.75 Å². The molecule has 150 valence electrons. The van der Waals surface area contributed by atoms with Gasteiger partial charge in [-0.1, -0.05) is 49.2 Å². The first-order chi connectivity index (χ1) is 13.9. The van der Waals surface area contributed by atoms with Crippen LogP contribution < -0.4 is 10.7 Å². The standard InChI is InChI=1S/C23H25N3O3/c1-15-6-5-7-16-12-17(8-9-18(15)16)23(10-3-4-11-23)14-26-13-19(27)21(28)20(25-26)22(29)24-2/h5-9,12-13,27H,3-4,10-11,14H2,1-2H3,(H,24,29). The smallest absolute Gasteiger partial charge is 0.275 e. The van der Waals surface area contributed by atoms with Crippen molar-refractivity contribution >= 4 is 16.7 Å². The van der Waals surface area contributed by atoms with E-state index in [1.807, 2.05) is 0 Å². The molecule has 0 aliphatic heterocycles. The molecule has 1 amide bonds. The Morgan fingerprint density at radius 1 is 1.24 bits per heavy atom. The second kappa shape index (κ2) is 7.35. The fourth-order valence-electron chi connectivity index (χ4n) is 4.55. The molecule has 0 bridgehead atoms. The molecule has 1 fully saturated rings. The van der Waals surface area contributed by atoms with Crippen LogP contribution in [-0.4, -0.2) is 27.8 Å². The number of benzene rings is 2. The van der Waals surface area contributed by atoms with Gasteiger partial charge in [-0.2, -0.15) is 5.10 Å². The van der Waals surface area contributed by atoms with Gasteiger partial charge in [0.2, 0.25) is 0 Å². The number of nitrogens with one attached hydrogen (secondary N) is 1. The third-order valence-corrected chi connectivity index (χ3v) is 6.13. The maximum atomic E-state index is 12.1. The second-order valence-corrected chi connectivity index (χ2v) is 7.97. The van der Waals surface area contributed by atoms with Crippen LogP contribution >= 0.6 is 0 Å². The molecule has 1 aliphatic rings. The van der Waals surface area contributed by atoms with Gasteiger partial charge in [-0.15, -0.1) is 0 Å². The lowest BCUT2D eigenvalue weighted by Crippen LogP contribution is -2.33. The molecule has 1 heterocycles. The Labute approximate surface area is 169 Å². The number of fused-ring (bicyclic) bond motifs is 1. The molecule has 29 heavy (non-hydrogen) atoms. The highest BCUT2D eigenvalue weighted by Crippen LogP contribution is 2.43. The fourth-order valence-corrected chi connectivity index (χ4v) is 4.55. The van der Waals surface area contributed by atoms with Gasteiger partial charge in [0.05, 0.1) is 12.7 Å². The van der Waals surface area contributed by atoms with Crippen LogP contribution in [0.15, 0.2) is 47.4 Å². The summed E-state index contributed by atoms with van der Waals surface area (Å²) in [6.45, 7) is 2.61. The molecule has 1 aliphatic carbocycles. The highest BCUT2D eigenvalue weighted by Gasteiger charge is 2.36. The third kappa shape index (κ3) is 3.39. The lowest BCUT2D eigenvalue weighted by atomic mass is 9.78. The number of aromatic hydroxyl groups is 1. The molecule has 6 heteroatoms. The van der Waals surface area contributed by atoms with Crippen molar-refractivity contribution in [2.45, 2.75) is 44.6 Å². The summed E-state index contributed by atoms with van der Waals surface area (Å²) in [5.74, 6) is -1.05. The summed E-state index contributed by atoms with van der Waals surface area (Å²) in [6, 6.07) is 12.9. The molecule has 4 rings (SSSR count). The van der Waals surface area contributed by atoms with Crippen molar-refractivity contribution in [3.63, 3.8) is 0 Å². The second-order valence-electron chi connectivity index (χ2n) is 7.97. The lowest BCUT2D eigenvalue weighted by Gasteiger charge is -2.30. The molecule has 6 nitrogen and oxygen atoms in total. The highest BCUT2D eigenvalue weighted by atomic mass is 16.3. The van der Waals surface area contributed by atoms with Crippen LogP contribution in [0.4, 0.5) is 0 Å². The van der Waals surface area contributed by atoms with Crippen molar-refractivity contribution in [1.29, 1.82) is 0 Å². The van der Waals surface area contributed by atoms with Crippen LogP contribution in [0.1, 0.15) is 47.3 Å². The van der Waals surface area contributed by atoms with Crippen molar-refractivity contribution in [3.8, 4) is 5.75 Å². The summed E-state index contributed by atoms with van der Waals surface area (Å²) >= 11 is 0. The molecule has 0 unspecified atom stereocenters. The number of nitrogens with zero attached hydrogens (tertiary/aromatic N) is 2. The van der Waals surface area contributed by atoms with Gasteiger partial charge in [0.1, 0.15) is 0 Å². The van der Waals surface area contributed by atoms with E-state index >= 15 is 0 Å². The molecule has 0 atom stereocenters. The van der Waals surface area contributed by atoms with E-state index in [1.165, 1.54) is 35.1 Å². The van der Waals surface area contributed by atoms with Gasteiger partial charge in [-0.3, -0.25) is 14.3 Å². The van der Waals surface area contributed by atoms with Crippen molar-refractivity contribution in [2.75, 3.05) is 7.05 Å². The number of aryl methyl sites for hydroxylation is 1. The lowest BCUT2D eigenvalue weighted by molar-refractivity contribution is 0.0953. The van der Waals surface area contributed by atoms with Gasteiger partial charge >= 0.3 is 0 Å². The number of carbonyl (C=O) groups excluding carboxylic acids is 1. The van der Waals surface area contributed by atoms with Gasteiger partial charge in [-0.25, -0.2) is 0 Å². The van der Waals surface area contributed by atoms with E-state index < -0.39 is 17.1 Å². The van der Waals surface area contributed by atoms with E-state index in [0.717, 1.165) is 25.7 Å². The molecule has 0 saturated heterocycles. The highest BCUT2D eigenvalue weighted by molar-refractivity contribution is 5.92. The van der Waals surface area contributed by atoms with Crippen LogP contribution in [0, 0.1) is 6.92 Å². The number of hydrogen-bond donors (Lipinski definition) is 2. The van der Waals surface area contributed by atoms with Gasteiger partial charge in [0.15, 0.2) is 11.4 Å². The zero-order valence-corrected chi connectivity index (χ0v) is 16.7. The minimum Gasteiger partial charge on any atom is -0.503 e. The van der Waals surface area contributed by atoms with Crippen LogP contribution in [0.2, 0.25) is 0 Å². The van der Waals surface area contributed by atoms with Gasteiger partial charge in [-0.05, 0) is 41.7 Å². The Bertz CT molecular complexity index is 1140. The molecule has 1 saturated carbocycles. The Kier molecular flexibility index (Phi) is 4.86. The average molecular weight is 391 g/mol. The Hall–Kier alpha value is -3.15. The maximum Gasteiger partial charge on any atom is 0.275 e. The van der Waals surface area contributed by atoms with Crippen LogP contribution in [-0.2, 0) is 12.0 Å². The number of rotatable bonds is 4. The predicted octanol–water partition coefficient (Wildman–Crippen LogP) is 3.28. The van der Waals surface area contributed by atoms with E-state index in [-0.39, 0.29) is 11.1 Å². The average Bonchev–Trinajstić information content (AvgIpc) is 3.19. The van der Waals surface area contributed by atoms with Gasteiger partial charge in [0.25, 0.3) is 11.3 Å². The zero-order valence-electron chi connectivity index (χ0n) is 16.7. The molecule has 0 radical (unpaired) electrons. The summed E-state index contributed by atoms with van der Waals surface area (Å²) in [4.78, 5) is 24.1. The quantitative estimate of drug-likeness (QED) is 0.715. The molecule has 3 aromatic rings. The van der Waals surface area contributed by atoms with E-state index in [2.05, 4.69) is 53.7 Å². The van der Waals surface area contributed by atoms with Gasteiger partial charge in [0, 0.05) is 12.5 Å². The van der Waals surface area contributed by atoms with Crippen molar-refractivity contribution in [1.82, 2.24) is 15.1 Å². The number of aromatic nitrogens is 2. The summed E-state index contributed by atoms with van der Waals surface area (Å²) in [6.07, 6.45) is 5.54. The number of hydrogen-bond acceptors (Lipinski definition) is 4. The largest absolute Gasteiger partial charge is 0.503 e. The maximum absolute atomic E-state index is 12.1. The summed E-state index contributed by atoms with van der Waals surface area (Å²) in [5.41, 5.74) is 1.30. The molecule has 2 aromatic carbocycles. The van der Waals surface area contributed by atoms with E-state index in [0.29, 0.717) is 6.54 Å².